The summed E-state index contributed by atoms with van der Waals surface area (Å²) < 4.78 is 5.96. The third kappa shape index (κ3) is 6.85. The van der Waals surface area contributed by atoms with Gasteiger partial charge in [0, 0.05) is 10.8 Å². The first kappa shape index (κ1) is 22.9. The standard InChI is InChI=1S/C27H23ClN2O2S/c28-24-12-8-21(9-13-24)18-33-19-27(31)30-29-16-20-10-14-25(15-11-20)32-17-23-6-3-5-22-4-1-2-7-26(22)23/h1-16H,17-19H2,(H,30,31). The number of nitrogens with zero attached hydrogens (tertiary/aromatic N) is 1. The smallest absolute Gasteiger partial charge is 0.250 e. The first-order valence-corrected chi connectivity index (χ1v) is 12.0. The highest BCUT2D eigenvalue weighted by Crippen LogP contribution is 2.21. The number of thioether (sulfide) groups is 1. The Labute approximate surface area is 202 Å². The molecule has 0 unspecified atom stereocenters. The first-order chi connectivity index (χ1) is 16.2. The third-order valence-electron chi connectivity index (χ3n) is 4.97. The molecule has 0 saturated carbocycles. The van der Waals surface area contributed by atoms with Crippen LogP contribution >= 0.6 is 23.4 Å². The number of hydrazone groups is 1. The van der Waals surface area contributed by atoms with Gasteiger partial charge in [0.1, 0.15) is 12.4 Å². The molecular formula is C27H23ClN2O2S. The Bertz CT molecular complexity index is 1240. The maximum Gasteiger partial charge on any atom is 0.250 e. The van der Waals surface area contributed by atoms with Gasteiger partial charge in [-0.3, -0.25) is 4.79 Å². The minimum atomic E-state index is -0.139. The number of nitrogens with one attached hydrogen (secondary N) is 1. The zero-order chi connectivity index (χ0) is 22.9. The number of rotatable bonds is 9. The molecule has 0 aliphatic heterocycles. The van der Waals surface area contributed by atoms with Gasteiger partial charge in [-0.05, 0) is 63.9 Å². The van der Waals surface area contributed by atoms with Crippen molar-refractivity contribution in [3.05, 3.63) is 113 Å². The summed E-state index contributed by atoms with van der Waals surface area (Å²) in [6, 6.07) is 29.7. The van der Waals surface area contributed by atoms with Crippen molar-refractivity contribution >= 4 is 46.3 Å². The summed E-state index contributed by atoms with van der Waals surface area (Å²) in [5.74, 6) is 1.72. The molecule has 0 atom stereocenters. The van der Waals surface area contributed by atoms with Gasteiger partial charge in [-0.1, -0.05) is 66.2 Å². The Balaban J connectivity index is 1.21. The second-order valence-corrected chi connectivity index (χ2v) is 8.83. The van der Waals surface area contributed by atoms with Crippen molar-refractivity contribution in [3.8, 4) is 5.75 Å². The monoisotopic (exact) mass is 474 g/mol. The number of benzene rings is 4. The van der Waals surface area contributed by atoms with Crippen molar-refractivity contribution < 1.29 is 9.53 Å². The Morgan fingerprint density at radius 3 is 2.52 bits per heavy atom. The van der Waals surface area contributed by atoms with Gasteiger partial charge in [0.25, 0.3) is 0 Å². The van der Waals surface area contributed by atoms with E-state index in [2.05, 4.69) is 34.8 Å². The highest BCUT2D eigenvalue weighted by atomic mass is 35.5. The Kier molecular flexibility index (Phi) is 8.01. The number of ether oxygens (including phenoxy) is 1. The van der Waals surface area contributed by atoms with Gasteiger partial charge in [-0.2, -0.15) is 5.10 Å². The van der Waals surface area contributed by atoms with Crippen LogP contribution in [0.3, 0.4) is 0 Å². The van der Waals surface area contributed by atoms with Crippen molar-refractivity contribution in [2.24, 2.45) is 5.10 Å². The molecule has 0 aromatic heterocycles. The summed E-state index contributed by atoms with van der Waals surface area (Å²) >= 11 is 7.41. The second-order valence-electron chi connectivity index (χ2n) is 7.41. The van der Waals surface area contributed by atoms with Crippen LogP contribution in [0.15, 0.2) is 96.1 Å². The van der Waals surface area contributed by atoms with Gasteiger partial charge in [-0.25, -0.2) is 5.43 Å². The van der Waals surface area contributed by atoms with E-state index in [4.69, 9.17) is 16.3 Å². The topological polar surface area (TPSA) is 50.7 Å². The van der Waals surface area contributed by atoms with Crippen LogP contribution in [0, 0.1) is 0 Å². The number of carbonyl (C=O) groups excluding carboxylic acids is 1. The quantitative estimate of drug-likeness (QED) is 0.224. The average Bonchev–Trinajstić information content (AvgIpc) is 2.85. The molecule has 1 N–H and O–H groups in total. The predicted octanol–water partition coefficient (Wildman–Crippen LogP) is 6.46. The van der Waals surface area contributed by atoms with E-state index in [9.17, 15) is 4.79 Å². The fraction of sp³-hybridized carbons (Fsp3) is 0.111. The summed E-state index contributed by atoms with van der Waals surface area (Å²) in [5, 5.41) is 7.15. The maximum absolute atomic E-state index is 12.0. The van der Waals surface area contributed by atoms with Crippen molar-refractivity contribution in [1.82, 2.24) is 5.43 Å². The average molecular weight is 475 g/mol. The molecule has 0 bridgehead atoms. The van der Waals surface area contributed by atoms with Crippen molar-refractivity contribution in [1.29, 1.82) is 0 Å². The maximum atomic E-state index is 12.0. The van der Waals surface area contributed by atoms with Crippen LogP contribution in [0.1, 0.15) is 16.7 Å². The molecule has 0 aliphatic carbocycles. The second kappa shape index (κ2) is 11.5. The molecule has 1 amide bonds. The molecule has 4 rings (SSSR count). The van der Waals surface area contributed by atoms with Gasteiger partial charge in [0.15, 0.2) is 0 Å². The van der Waals surface area contributed by atoms with Crippen LogP contribution in [-0.2, 0) is 17.2 Å². The van der Waals surface area contributed by atoms with Crippen LogP contribution in [0.2, 0.25) is 5.02 Å². The normalized spacial score (nSPS) is 11.1. The predicted molar refractivity (Wildman–Crippen MR) is 138 cm³/mol. The lowest BCUT2D eigenvalue weighted by atomic mass is 10.1. The molecule has 4 aromatic rings. The van der Waals surface area contributed by atoms with Crippen LogP contribution in [-0.4, -0.2) is 17.9 Å². The van der Waals surface area contributed by atoms with Gasteiger partial charge in [-0.15, -0.1) is 11.8 Å². The van der Waals surface area contributed by atoms with E-state index in [-0.39, 0.29) is 5.91 Å². The van der Waals surface area contributed by atoms with Crippen LogP contribution in [0.4, 0.5) is 0 Å². The molecule has 166 valence electrons. The largest absolute Gasteiger partial charge is 0.489 e. The van der Waals surface area contributed by atoms with E-state index in [1.807, 2.05) is 66.7 Å². The van der Waals surface area contributed by atoms with Gasteiger partial charge in [0.2, 0.25) is 5.91 Å². The van der Waals surface area contributed by atoms with Gasteiger partial charge >= 0.3 is 0 Å². The summed E-state index contributed by atoms with van der Waals surface area (Å²) in [7, 11) is 0. The highest BCUT2D eigenvalue weighted by Gasteiger charge is 2.03. The lowest BCUT2D eigenvalue weighted by Gasteiger charge is -2.09. The minimum Gasteiger partial charge on any atom is -0.489 e. The third-order valence-corrected chi connectivity index (χ3v) is 6.23. The van der Waals surface area contributed by atoms with Crippen molar-refractivity contribution in [2.45, 2.75) is 12.4 Å². The zero-order valence-electron chi connectivity index (χ0n) is 17.9. The van der Waals surface area contributed by atoms with Crippen molar-refractivity contribution in [3.63, 3.8) is 0 Å². The number of amides is 1. The van der Waals surface area contributed by atoms with E-state index < -0.39 is 0 Å². The minimum absolute atomic E-state index is 0.139. The zero-order valence-corrected chi connectivity index (χ0v) is 19.5. The summed E-state index contributed by atoms with van der Waals surface area (Å²) in [6.45, 7) is 0.499. The van der Waals surface area contributed by atoms with Crippen molar-refractivity contribution in [2.75, 3.05) is 5.75 Å². The lowest BCUT2D eigenvalue weighted by molar-refractivity contribution is -0.118. The van der Waals surface area contributed by atoms with Crippen LogP contribution < -0.4 is 10.2 Å². The molecule has 0 heterocycles. The van der Waals surface area contributed by atoms with E-state index in [1.165, 1.54) is 22.5 Å². The Morgan fingerprint density at radius 1 is 0.939 bits per heavy atom. The summed E-state index contributed by atoms with van der Waals surface area (Å²) in [6.07, 6.45) is 1.62. The van der Waals surface area contributed by atoms with E-state index in [0.29, 0.717) is 17.4 Å². The first-order valence-electron chi connectivity index (χ1n) is 10.5. The number of hydrogen-bond acceptors (Lipinski definition) is 4. The molecule has 0 radical (unpaired) electrons. The van der Waals surface area contributed by atoms with Gasteiger partial charge < -0.3 is 4.74 Å². The molecule has 0 fully saturated rings. The van der Waals surface area contributed by atoms with Crippen LogP contribution in [0.25, 0.3) is 10.8 Å². The Morgan fingerprint density at radius 2 is 1.70 bits per heavy atom. The highest BCUT2D eigenvalue weighted by molar-refractivity contribution is 7.99. The molecule has 0 aliphatic rings. The number of hydrogen-bond donors (Lipinski definition) is 1. The van der Waals surface area contributed by atoms with E-state index >= 15 is 0 Å². The molecule has 33 heavy (non-hydrogen) atoms. The molecular weight excluding hydrogens is 452 g/mol. The molecule has 6 heteroatoms. The van der Waals surface area contributed by atoms with E-state index in [0.717, 1.165) is 28.2 Å². The SMILES string of the molecule is O=C(CSCc1ccc(Cl)cc1)NN=Cc1ccc(OCc2cccc3ccccc23)cc1. The Hall–Kier alpha value is -3.28. The number of carbonyl (C=O) groups is 1. The molecule has 4 nitrogen and oxygen atoms in total. The van der Waals surface area contributed by atoms with Gasteiger partial charge in [0.05, 0.1) is 12.0 Å². The molecule has 4 aromatic carbocycles. The summed E-state index contributed by atoms with van der Waals surface area (Å²) in [4.78, 5) is 12.0. The lowest BCUT2D eigenvalue weighted by Crippen LogP contribution is -2.19. The fourth-order valence-electron chi connectivity index (χ4n) is 3.28. The number of fused-ring (bicyclic) bond motifs is 1. The van der Waals surface area contributed by atoms with Crippen LogP contribution in [0.5, 0.6) is 5.75 Å². The summed E-state index contributed by atoms with van der Waals surface area (Å²) in [5.41, 5.74) is 5.72. The molecule has 0 spiro atoms. The number of halogens is 1. The van der Waals surface area contributed by atoms with E-state index in [1.54, 1.807) is 6.21 Å². The fourth-order valence-corrected chi connectivity index (χ4v) is 4.19. The molecule has 0 saturated heterocycles.